The highest BCUT2D eigenvalue weighted by Gasteiger charge is 2.27. The molecule has 1 heterocycles. The number of fused-ring (bicyclic) bond motifs is 1. The SMILES string of the molecule is COc1ccc2oc(C(=O)C3CCCCC3)c(C)c2c1. The van der Waals surface area contributed by atoms with Crippen LogP contribution in [0.3, 0.4) is 0 Å². The lowest BCUT2D eigenvalue weighted by Crippen LogP contribution is -2.17. The van der Waals surface area contributed by atoms with Gasteiger partial charge in [0, 0.05) is 16.9 Å². The molecule has 1 aliphatic rings. The van der Waals surface area contributed by atoms with Crippen molar-refractivity contribution in [1.82, 2.24) is 0 Å². The lowest BCUT2D eigenvalue weighted by atomic mass is 9.85. The molecule has 0 unspecified atom stereocenters. The quantitative estimate of drug-likeness (QED) is 0.771. The number of aryl methyl sites for hydroxylation is 1. The van der Waals surface area contributed by atoms with Gasteiger partial charge in [0.15, 0.2) is 5.76 Å². The fraction of sp³-hybridized carbons (Fsp3) is 0.471. The first-order valence-corrected chi connectivity index (χ1v) is 7.32. The zero-order valence-corrected chi connectivity index (χ0v) is 12.1. The van der Waals surface area contributed by atoms with Gasteiger partial charge in [-0.1, -0.05) is 19.3 Å². The highest BCUT2D eigenvalue weighted by molar-refractivity contribution is 6.01. The Hall–Kier alpha value is -1.77. The molecule has 0 amide bonds. The van der Waals surface area contributed by atoms with Crippen molar-refractivity contribution >= 4 is 16.8 Å². The molecule has 106 valence electrons. The lowest BCUT2D eigenvalue weighted by Gasteiger charge is -2.19. The Kier molecular flexibility index (Phi) is 3.51. The van der Waals surface area contributed by atoms with Gasteiger partial charge in [-0.15, -0.1) is 0 Å². The number of hydrogen-bond donors (Lipinski definition) is 0. The van der Waals surface area contributed by atoms with E-state index in [1.54, 1.807) is 7.11 Å². The summed E-state index contributed by atoms with van der Waals surface area (Å²) in [5, 5.41) is 0.975. The van der Waals surface area contributed by atoms with Crippen molar-refractivity contribution in [1.29, 1.82) is 0 Å². The standard InChI is InChI=1S/C17H20O3/c1-11-14-10-13(19-2)8-9-15(14)20-17(11)16(18)12-6-4-3-5-7-12/h8-10,12H,3-7H2,1-2H3. The molecule has 3 rings (SSSR count). The van der Waals surface area contributed by atoms with E-state index in [9.17, 15) is 4.79 Å². The molecule has 1 aromatic carbocycles. The maximum Gasteiger partial charge on any atom is 0.201 e. The van der Waals surface area contributed by atoms with E-state index in [-0.39, 0.29) is 11.7 Å². The summed E-state index contributed by atoms with van der Waals surface area (Å²) in [5.41, 5.74) is 1.71. The van der Waals surface area contributed by atoms with Gasteiger partial charge in [0.2, 0.25) is 5.78 Å². The van der Waals surface area contributed by atoms with E-state index in [2.05, 4.69) is 0 Å². The Morgan fingerprint density at radius 2 is 2.00 bits per heavy atom. The Morgan fingerprint density at radius 1 is 1.25 bits per heavy atom. The molecule has 1 aromatic heterocycles. The monoisotopic (exact) mass is 272 g/mol. The molecular weight excluding hydrogens is 252 g/mol. The summed E-state index contributed by atoms with van der Waals surface area (Å²) in [6.45, 7) is 1.96. The van der Waals surface area contributed by atoms with Crippen LogP contribution in [0.5, 0.6) is 5.75 Å². The van der Waals surface area contributed by atoms with Crippen LogP contribution in [-0.2, 0) is 0 Å². The number of methoxy groups -OCH3 is 1. The predicted molar refractivity (Wildman–Crippen MR) is 78.4 cm³/mol. The van der Waals surface area contributed by atoms with E-state index in [0.29, 0.717) is 5.76 Å². The molecule has 3 heteroatoms. The summed E-state index contributed by atoms with van der Waals surface area (Å²) in [6, 6.07) is 5.67. The van der Waals surface area contributed by atoms with Crippen LogP contribution < -0.4 is 4.74 Å². The second-order valence-corrected chi connectivity index (χ2v) is 5.62. The van der Waals surface area contributed by atoms with Crippen LogP contribution in [0, 0.1) is 12.8 Å². The van der Waals surface area contributed by atoms with E-state index < -0.39 is 0 Å². The topological polar surface area (TPSA) is 39.4 Å². The number of carbonyl (C=O) groups is 1. The van der Waals surface area contributed by atoms with Crippen molar-refractivity contribution in [2.45, 2.75) is 39.0 Å². The molecule has 0 N–H and O–H groups in total. The van der Waals surface area contributed by atoms with Gasteiger partial charge in [-0.25, -0.2) is 0 Å². The van der Waals surface area contributed by atoms with E-state index in [1.165, 1.54) is 6.42 Å². The number of furan rings is 1. The first-order valence-electron chi connectivity index (χ1n) is 7.32. The van der Waals surface area contributed by atoms with E-state index in [4.69, 9.17) is 9.15 Å². The van der Waals surface area contributed by atoms with Crippen LogP contribution in [0.4, 0.5) is 0 Å². The number of carbonyl (C=O) groups excluding carboxylic acids is 1. The van der Waals surface area contributed by atoms with Crippen LogP contribution in [-0.4, -0.2) is 12.9 Å². The van der Waals surface area contributed by atoms with E-state index in [1.807, 2.05) is 25.1 Å². The zero-order chi connectivity index (χ0) is 14.1. The smallest absolute Gasteiger partial charge is 0.201 e. The van der Waals surface area contributed by atoms with Crippen molar-refractivity contribution in [3.63, 3.8) is 0 Å². The molecule has 3 nitrogen and oxygen atoms in total. The molecule has 2 aromatic rings. The zero-order valence-electron chi connectivity index (χ0n) is 12.1. The van der Waals surface area contributed by atoms with Crippen molar-refractivity contribution in [3.05, 3.63) is 29.5 Å². The molecule has 0 saturated heterocycles. The highest BCUT2D eigenvalue weighted by atomic mass is 16.5. The van der Waals surface area contributed by atoms with Gasteiger partial charge >= 0.3 is 0 Å². The average Bonchev–Trinajstić information content (AvgIpc) is 2.84. The minimum Gasteiger partial charge on any atom is -0.497 e. The maximum absolute atomic E-state index is 12.6. The summed E-state index contributed by atoms with van der Waals surface area (Å²) in [7, 11) is 1.64. The third-order valence-corrected chi connectivity index (χ3v) is 4.34. The fourth-order valence-electron chi connectivity index (χ4n) is 3.11. The maximum atomic E-state index is 12.6. The summed E-state index contributed by atoms with van der Waals surface area (Å²) in [5.74, 6) is 1.65. The molecule has 1 fully saturated rings. The summed E-state index contributed by atoms with van der Waals surface area (Å²) in [4.78, 5) is 12.6. The van der Waals surface area contributed by atoms with E-state index >= 15 is 0 Å². The molecule has 1 saturated carbocycles. The predicted octanol–water partition coefficient (Wildman–Crippen LogP) is 4.51. The number of benzene rings is 1. The minimum atomic E-state index is 0.143. The Balaban J connectivity index is 1.98. The van der Waals surface area contributed by atoms with Crippen molar-refractivity contribution in [2.75, 3.05) is 7.11 Å². The number of ether oxygens (including phenoxy) is 1. The first-order chi connectivity index (χ1) is 9.70. The Morgan fingerprint density at radius 3 is 2.70 bits per heavy atom. The number of ketones is 1. The Labute approximate surface area is 118 Å². The average molecular weight is 272 g/mol. The van der Waals surface area contributed by atoms with Crippen molar-refractivity contribution < 1.29 is 13.9 Å². The molecule has 20 heavy (non-hydrogen) atoms. The molecule has 0 radical (unpaired) electrons. The van der Waals surface area contributed by atoms with Gasteiger partial charge in [0.1, 0.15) is 11.3 Å². The van der Waals surface area contributed by atoms with Gasteiger partial charge in [0.25, 0.3) is 0 Å². The number of Topliss-reactive ketones (excluding diaryl/α,β-unsaturated/α-hetero) is 1. The molecular formula is C17H20O3. The van der Waals surface area contributed by atoms with Crippen LogP contribution in [0.1, 0.15) is 48.2 Å². The fourth-order valence-corrected chi connectivity index (χ4v) is 3.11. The van der Waals surface area contributed by atoms with Gasteiger partial charge < -0.3 is 9.15 Å². The Bertz CT molecular complexity index is 633. The minimum absolute atomic E-state index is 0.143. The molecule has 0 atom stereocenters. The van der Waals surface area contributed by atoms with Crippen molar-refractivity contribution in [3.8, 4) is 5.75 Å². The summed E-state index contributed by atoms with van der Waals surface area (Å²) in [6.07, 6.45) is 5.56. The normalized spacial score (nSPS) is 16.5. The van der Waals surface area contributed by atoms with Gasteiger partial charge in [-0.3, -0.25) is 4.79 Å². The third-order valence-electron chi connectivity index (χ3n) is 4.34. The summed E-state index contributed by atoms with van der Waals surface area (Å²) >= 11 is 0. The van der Waals surface area contributed by atoms with E-state index in [0.717, 1.165) is 48.0 Å². The summed E-state index contributed by atoms with van der Waals surface area (Å²) < 4.78 is 11.0. The van der Waals surface area contributed by atoms with Crippen molar-refractivity contribution in [2.24, 2.45) is 5.92 Å². The third kappa shape index (κ3) is 2.21. The van der Waals surface area contributed by atoms with Crippen LogP contribution >= 0.6 is 0 Å². The number of rotatable bonds is 3. The molecule has 0 aliphatic heterocycles. The first kappa shape index (κ1) is 13.2. The van der Waals surface area contributed by atoms with Gasteiger partial charge in [-0.2, -0.15) is 0 Å². The number of hydrogen-bond acceptors (Lipinski definition) is 3. The highest BCUT2D eigenvalue weighted by Crippen LogP contribution is 2.33. The second kappa shape index (κ2) is 5.31. The molecule has 1 aliphatic carbocycles. The van der Waals surface area contributed by atoms with Crippen LogP contribution in [0.15, 0.2) is 22.6 Å². The molecule has 0 bridgehead atoms. The second-order valence-electron chi connectivity index (χ2n) is 5.62. The van der Waals surface area contributed by atoms with Gasteiger partial charge in [-0.05, 0) is 38.0 Å². The largest absolute Gasteiger partial charge is 0.497 e. The lowest BCUT2D eigenvalue weighted by molar-refractivity contribution is 0.0862. The van der Waals surface area contributed by atoms with Crippen LogP contribution in [0.2, 0.25) is 0 Å². The van der Waals surface area contributed by atoms with Gasteiger partial charge in [0.05, 0.1) is 7.11 Å². The van der Waals surface area contributed by atoms with Crippen LogP contribution in [0.25, 0.3) is 11.0 Å². The molecule has 0 spiro atoms.